The summed E-state index contributed by atoms with van der Waals surface area (Å²) in [5, 5.41) is 8.39. The number of aromatic nitrogens is 1. The SMILES string of the molecule is Cn1c(-c2ccccc2)c(N2CCNC(=O)C2)c2cc(Cl)cc(NCC3CCOCC3)c21. The lowest BCUT2D eigenvalue weighted by Crippen LogP contribution is -2.47. The highest BCUT2D eigenvalue weighted by molar-refractivity contribution is 6.32. The third-order valence-electron chi connectivity index (χ3n) is 6.55. The van der Waals surface area contributed by atoms with Crippen molar-refractivity contribution in [3.8, 4) is 11.3 Å². The molecule has 0 unspecified atom stereocenters. The maximum Gasteiger partial charge on any atom is 0.239 e. The van der Waals surface area contributed by atoms with Gasteiger partial charge in [-0.2, -0.15) is 0 Å². The van der Waals surface area contributed by atoms with Gasteiger partial charge in [0, 0.05) is 55.9 Å². The molecule has 2 aliphatic heterocycles. The Bertz CT molecular complexity index is 1120. The number of rotatable bonds is 5. The fraction of sp³-hybridized carbons (Fsp3) is 0.400. The highest BCUT2D eigenvalue weighted by Gasteiger charge is 2.27. The van der Waals surface area contributed by atoms with E-state index in [1.807, 2.05) is 18.2 Å². The molecular weight excluding hydrogens is 424 g/mol. The van der Waals surface area contributed by atoms with E-state index in [-0.39, 0.29) is 5.91 Å². The van der Waals surface area contributed by atoms with Gasteiger partial charge in [-0.05, 0) is 30.9 Å². The van der Waals surface area contributed by atoms with Crippen LogP contribution in [0.1, 0.15) is 12.8 Å². The van der Waals surface area contributed by atoms with E-state index in [0.717, 1.165) is 72.7 Å². The number of anilines is 2. The smallest absolute Gasteiger partial charge is 0.239 e. The predicted octanol–water partition coefficient (Wildman–Crippen LogP) is 4.27. The normalized spacial score (nSPS) is 17.6. The first-order chi connectivity index (χ1) is 15.6. The zero-order valence-electron chi connectivity index (χ0n) is 18.4. The molecule has 0 atom stereocenters. The number of benzene rings is 2. The van der Waals surface area contributed by atoms with Gasteiger partial charge < -0.3 is 24.8 Å². The Morgan fingerprint density at radius 1 is 1.19 bits per heavy atom. The summed E-state index contributed by atoms with van der Waals surface area (Å²) in [5.41, 5.74) is 5.44. The molecule has 2 N–H and O–H groups in total. The molecule has 0 saturated carbocycles. The van der Waals surface area contributed by atoms with Crippen LogP contribution in [0.4, 0.5) is 11.4 Å². The first-order valence-corrected chi connectivity index (χ1v) is 11.7. The Morgan fingerprint density at radius 2 is 1.97 bits per heavy atom. The Morgan fingerprint density at radius 3 is 2.72 bits per heavy atom. The van der Waals surface area contributed by atoms with E-state index in [1.54, 1.807) is 0 Å². The van der Waals surface area contributed by atoms with Crippen molar-refractivity contribution in [2.75, 3.05) is 49.6 Å². The molecule has 0 radical (unpaired) electrons. The van der Waals surface area contributed by atoms with Crippen molar-refractivity contribution >= 4 is 39.8 Å². The highest BCUT2D eigenvalue weighted by atomic mass is 35.5. The third kappa shape index (κ3) is 4.05. The number of aryl methyl sites for hydroxylation is 1. The van der Waals surface area contributed by atoms with Crippen LogP contribution in [0.5, 0.6) is 0 Å². The lowest BCUT2D eigenvalue weighted by Gasteiger charge is -2.29. The van der Waals surface area contributed by atoms with Gasteiger partial charge in [0.25, 0.3) is 0 Å². The Hall–Kier alpha value is -2.70. The quantitative estimate of drug-likeness (QED) is 0.606. The van der Waals surface area contributed by atoms with Crippen molar-refractivity contribution in [2.24, 2.45) is 13.0 Å². The van der Waals surface area contributed by atoms with Crippen molar-refractivity contribution in [1.29, 1.82) is 0 Å². The van der Waals surface area contributed by atoms with Gasteiger partial charge in [-0.3, -0.25) is 4.79 Å². The van der Waals surface area contributed by atoms with Crippen LogP contribution in [0.15, 0.2) is 42.5 Å². The molecule has 1 aromatic heterocycles. The molecule has 32 heavy (non-hydrogen) atoms. The number of nitrogens with zero attached hydrogens (tertiary/aromatic N) is 2. The molecule has 2 saturated heterocycles. The Kier molecular flexibility index (Phi) is 5.98. The van der Waals surface area contributed by atoms with Gasteiger partial charge in [0.05, 0.1) is 29.1 Å². The van der Waals surface area contributed by atoms with Gasteiger partial charge in [-0.1, -0.05) is 41.9 Å². The fourth-order valence-corrected chi connectivity index (χ4v) is 5.17. The number of hydrogen-bond donors (Lipinski definition) is 2. The Labute approximate surface area is 193 Å². The zero-order valence-corrected chi connectivity index (χ0v) is 19.1. The minimum absolute atomic E-state index is 0.0483. The number of ether oxygens (including phenoxy) is 1. The molecule has 2 aromatic carbocycles. The zero-order chi connectivity index (χ0) is 22.1. The topological polar surface area (TPSA) is 58.5 Å². The summed E-state index contributed by atoms with van der Waals surface area (Å²) in [7, 11) is 2.10. The van der Waals surface area contributed by atoms with Gasteiger partial charge in [0.15, 0.2) is 0 Å². The van der Waals surface area contributed by atoms with Crippen LogP contribution >= 0.6 is 11.6 Å². The number of halogens is 1. The number of carbonyl (C=O) groups excluding carboxylic acids is 1. The summed E-state index contributed by atoms with van der Waals surface area (Å²) in [5.74, 6) is 0.643. The molecule has 3 heterocycles. The van der Waals surface area contributed by atoms with Crippen LogP contribution in [-0.4, -0.2) is 49.9 Å². The van der Waals surface area contributed by atoms with Gasteiger partial charge in [0.2, 0.25) is 5.91 Å². The molecular formula is C25H29ClN4O2. The van der Waals surface area contributed by atoms with Crippen molar-refractivity contribution in [1.82, 2.24) is 9.88 Å². The standard InChI is InChI=1S/C25H29ClN4O2/c1-29-23(18-5-3-2-4-6-18)25(30-10-9-27-22(31)16-30)20-13-19(26)14-21(24(20)29)28-15-17-7-11-32-12-8-17/h2-6,13-14,17,28H,7-12,15-16H2,1H3,(H,27,31). The van der Waals surface area contributed by atoms with Crippen molar-refractivity contribution < 1.29 is 9.53 Å². The number of nitrogens with one attached hydrogen (secondary N) is 2. The number of hydrogen-bond acceptors (Lipinski definition) is 4. The molecule has 2 fully saturated rings. The van der Waals surface area contributed by atoms with E-state index in [1.165, 1.54) is 0 Å². The average molecular weight is 453 g/mol. The summed E-state index contributed by atoms with van der Waals surface area (Å²) in [4.78, 5) is 14.4. The van der Waals surface area contributed by atoms with Crippen LogP contribution in [0.3, 0.4) is 0 Å². The largest absolute Gasteiger partial charge is 0.383 e. The van der Waals surface area contributed by atoms with E-state index in [4.69, 9.17) is 16.3 Å². The molecule has 6 nitrogen and oxygen atoms in total. The van der Waals surface area contributed by atoms with Crippen LogP contribution in [0, 0.1) is 5.92 Å². The first-order valence-electron chi connectivity index (χ1n) is 11.3. The molecule has 0 bridgehead atoms. The first kappa shape index (κ1) is 21.2. The highest BCUT2D eigenvalue weighted by Crippen LogP contribution is 2.44. The maximum atomic E-state index is 12.2. The third-order valence-corrected chi connectivity index (χ3v) is 6.77. The summed E-state index contributed by atoms with van der Waals surface area (Å²) < 4.78 is 7.76. The van der Waals surface area contributed by atoms with Gasteiger partial charge in [-0.25, -0.2) is 0 Å². The van der Waals surface area contributed by atoms with E-state index < -0.39 is 0 Å². The molecule has 7 heteroatoms. The van der Waals surface area contributed by atoms with Crippen molar-refractivity contribution in [3.63, 3.8) is 0 Å². The monoisotopic (exact) mass is 452 g/mol. The predicted molar refractivity (Wildman–Crippen MR) is 131 cm³/mol. The molecule has 2 aliphatic rings. The van der Waals surface area contributed by atoms with Gasteiger partial charge in [0.1, 0.15) is 0 Å². The lowest BCUT2D eigenvalue weighted by molar-refractivity contribution is -0.120. The van der Waals surface area contributed by atoms with Crippen molar-refractivity contribution in [2.45, 2.75) is 12.8 Å². The molecule has 168 valence electrons. The minimum Gasteiger partial charge on any atom is -0.383 e. The average Bonchev–Trinajstić information content (AvgIpc) is 3.10. The van der Waals surface area contributed by atoms with E-state index in [9.17, 15) is 4.79 Å². The van der Waals surface area contributed by atoms with E-state index in [2.05, 4.69) is 51.4 Å². The van der Waals surface area contributed by atoms with Gasteiger partial charge in [-0.15, -0.1) is 0 Å². The summed E-state index contributed by atoms with van der Waals surface area (Å²) >= 11 is 6.63. The number of amides is 1. The number of fused-ring (bicyclic) bond motifs is 1. The second kappa shape index (κ2) is 9.04. The second-order valence-corrected chi connectivity index (χ2v) is 9.12. The molecule has 5 rings (SSSR count). The van der Waals surface area contributed by atoms with Crippen LogP contribution < -0.4 is 15.5 Å². The molecule has 1 amide bonds. The van der Waals surface area contributed by atoms with Crippen LogP contribution in [0.25, 0.3) is 22.2 Å². The molecule has 3 aromatic rings. The minimum atomic E-state index is 0.0483. The lowest BCUT2D eigenvalue weighted by atomic mass is 10.0. The van der Waals surface area contributed by atoms with Gasteiger partial charge >= 0.3 is 0 Å². The molecule has 0 spiro atoms. The summed E-state index contributed by atoms with van der Waals surface area (Å²) in [6.07, 6.45) is 2.15. The number of carbonyl (C=O) groups is 1. The van der Waals surface area contributed by atoms with Crippen molar-refractivity contribution in [3.05, 3.63) is 47.5 Å². The van der Waals surface area contributed by atoms with E-state index >= 15 is 0 Å². The number of piperazine rings is 1. The van der Waals surface area contributed by atoms with E-state index in [0.29, 0.717) is 24.0 Å². The van der Waals surface area contributed by atoms with Crippen LogP contribution in [0.2, 0.25) is 5.02 Å². The molecule has 0 aliphatic carbocycles. The summed E-state index contributed by atoms with van der Waals surface area (Å²) in [6, 6.07) is 14.4. The summed E-state index contributed by atoms with van der Waals surface area (Å²) in [6.45, 7) is 4.31. The van der Waals surface area contributed by atoms with Crippen LogP contribution in [-0.2, 0) is 16.6 Å². The Balaban J connectivity index is 1.64. The second-order valence-electron chi connectivity index (χ2n) is 8.68. The fourth-order valence-electron chi connectivity index (χ4n) is 4.95. The maximum absolute atomic E-state index is 12.2.